The fourth-order valence-electron chi connectivity index (χ4n) is 1.55. The highest BCUT2D eigenvalue weighted by molar-refractivity contribution is 5.85. The summed E-state index contributed by atoms with van der Waals surface area (Å²) >= 11 is 0. The molecule has 18 heavy (non-hydrogen) atoms. The van der Waals surface area contributed by atoms with Crippen LogP contribution in [-0.2, 0) is 17.4 Å². The molecule has 0 aliphatic carbocycles. The molecule has 1 aromatic rings. The van der Waals surface area contributed by atoms with E-state index >= 15 is 0 Å². The van der Waals surface area contributed by atoms with E-state index in [4.69, 9.17) is 10.8 Å². The number of rotatable bonds is 4. The number of hydrogen-bond donors (Lipinski definition) is 2. The molecule has 0 fully saturated rings. The van der Waals surface area contributed by atoms with E-state index in [0.29, 0.717) is 0 Å². The predicted molar refractivity (Wildman–Crippen MR) is 62.6 cm³/mol. The topological polar surface area (TPSA) is 63.3 Å². The standard InChI is InChI=1S/C11H12F3NO2.ClH/c12-11(13,14)9-4-2-1-3-7(9)5-8(15)6-10(16)17;/h1-4,8H,5-6,15H2,(H,16,17);1H/t8-;/m0./s1. The van der Waals surface area contributed by atoms with Crippen molar-refractivity contribution in [2.45, 2.75) is 25.1 Å². The monoisotopic (exact) mass is 283 g/mol. The van der Waals surface area contributed by atoms with Crippen LogP contribution in [0.3, 0.4) is 0 Å². The number of carboxylic acids is 1. The minimum atomic E-state index is -4.44. The lowest BCUT2D eigenvalue weighted by Gasteiger charge is -2.15. The van der Waals surface area contributed by atoms with Gasteiger partial charge in [-0.2, -0.15) is 13.2 Å². The highest BCUT2D eigenvalue weighted by Gasteiger charge is 2.33. The van der Waals surface area contributed by atoms with Gasteiger partial charge in [-0.05, 0) is 18.1 Å². The van der Waals surface area contributed by atoms with Crippen molar-refractivity contribution in [2.75, 3.05) is 0 Å². The van der Waals surface area contributed by atoms with Crippen molar-refractivity contribution in [3.63, 3.8) is 0 Å². The first-order chi connectivity index (χ1) is 7.80. The van der Waals surface area contributed by atoms with Crippen LogP contribution in [0.2, 0.25) is 0 Å². The Morgan fingerprint density at radius 2 is 1.89 bits per heavy atom. The molecule has 1 aromatic carbocycles. The van der Waals surface area contributed by atoms with Gasteiger partial charge in [0.2, 0.25) is 0 Å². The SMILES string of the molecule is Cl.N[C@H](CC(=O)O)Cc1ccccc1C(F)(F)F. The highest BCUT2D eigenvalue weighted by atomic mass is 35.5. The van der Waals surface area contributed by atoms with Gasteiger partial charge in [-0.3, -0.25) is 4.79 Å². The van der Waals surface area contributed by atoms with Crippen molar-refractivity contribution < 1.29 is 23.1 Å². The molecule has 0 bridgehead atoms. The van der Waals surface area contributed by atoms with E-state index in [1.54, 1.807) is 0 Å². The van der Waals surface area contributed by atoms with E-state index in [1.165, 1.54) is 18.2 Å². The Kier molecular flexibility index (Phi) is 6.14. The summed E-state index contributed by atoms with van der Waals surface area (Å²) in [7, 11) is 0. The smallest absolute Gasteiger partial charge is 0.416 e. The largest absolute Gasteiger partial charge is 0.481 e. The van der Waals surface area contributed by atoms with E-state index in [2.05, 4.69) is 0 Å². The van der Waals surface area contributed by atoms with Crippen LogP contribution in [0.5, 0.6) is 0 Å². The average molecular weight is 284 g/mol. The molecule has 0 aliphatic heterocycles. The predicted octanol–water partition coefficient (Wildman–Crippen LogP) is 2.47. The van der Waals surface area contributed by atoms with Gasteiger partial charge < -0.3 is 10.8 Å². The number of benzene rings is 1. The molecule has 0 amide bonds. The molecule has 102 valence electrons. The lowest BCUT2D eigenvalue weighted by molar-refractivity contribution is -0.138. The zero-order chi connectivity index (χ0) is 13.1. The molecule has 3 N–H and O–H groups in total. The van der Waals surface area contributed by atoms with Crippen molar-refractivity contribution >= 4 is 18.4 Å². The Morgan fingerprint density at radius 1 is 1.33 bits per heavy atom. The molecule has 0 radical (unpaired) electrons. The lowest BCUT2D eigenvalue weighted by atomic mass is 9.99. The van der Waals surface area contributed by atoms with Crippen molar-refractivity contribution in [1.29, 1.82) is 0 Å². The quantitative estimate of drug-likeness (QED) is 0.892. The van der Waals surface area contributed by atoms with Gasteiger partial charge in [0, 0.05) is 6.04 Å². The summed E-state index contributed by atoms with van der Waals surface area (Å²) in [6.45, 7) is 0. The van der Waals surface area contributed by atoms with E-state index in [9.17, 15) is 18.0 Å². The maximum Gasteiger partial charge on any atom is 0.416 e. The molecule has 7 heteroatoms. The number of aliphatic carboxylic acids is 1. The number of halogens is 4. The van der Waals surface area contributed by atoms with Crippen molar-refractivity contribution in [3.8, 4) is 0 Å². The molecular formula is C11H13ClF3NO2. The van der Waals surface area contributed by atoms with Crippen LogP contribution in [0.1, 0.15) is 17.5 Å². The Hall–Kier alpha value is -1.27. The number of carboxylic acid groups (broad SMARTS) is 1. The van der Waals surface area contributed by atoms with Gasteiger partial charge in [-0.15, -0.1) is 12.4 Å². The number of carbonyl (C=O) groups is 1. The van der Waals surface area contributed by atoms with E-state index in [0.717, 1.165) is 6.07 Å². The van der Waals surface area contributed by atoms with Gasteiger partial charge in [0.15, 0.2) is 0 Å². The van der Waals surface area contributed by atoms with Crippen LogP contribution in [-0.4, -0.2) is 17.1 Å². The summed E-state index contributed by atoms with van der Waals surface area (Å²) in [4.78, 5) is 10.4. The van der Waals surface area contributed by atoms with Crippen molar-refractivity contribution in [1.82, 2.24) is 0 Å². The first-order valence-corrected chi connectivity index (χ1v) is 4.93. The maximum absolute atomic E-state index is 12.6. The van der Waals surface area contributed by atoms with Crippen LogP contribution < -0.4 is 5.73 Å². The minimum absolute atomic E-state index is 0. The Balaban J connectivity index is 0.00000289. The van der Waals surface area contributed by atoms with Gasteiger partial charge in [0.05, 0.1) is 12.0 Å². The third-order valence-electron chi connectivity index (χ3n) is 2.24. The molecule has 0 saturated heterocycles. The second-order valence-corrected chi connectivity index (χ2v) is 3.72. The number of hydrogen-bond acceptors (Lipinski definition) is 2. The number of nitrogens with two attached hydrogens (primary N) is 1. The Labute approximate surface area is 108 Å². The molecule has 0 heterocycles. The van der Waals surface area contributed by atoms with Crippen LogP contribution in [0.15, 0.2) is 24.3 Å². The van der Waals surface area contributed by atoms with Gasteiger partial charge in [0.1, 0.15) is 0 Å². The van der Waals surface area contributed by atoms with Crippen LogP contribution >= 0.6 is 12.4 Å². The van der Waals surface area contributed by atoms with Gasteiger partial charge in [0.25, 0.3) is 0 Å². The summed E-state index contributed by atoms with van der Waals surface area (Å²) in [5.74, 6) is -1.12. The Bertz CT molecular complexity index is 410. The van der Waals surface area contributed by atoms with Crippen molar-refractivity contribution in [3.05, 3.63) is 35.4 Å². The van der Waals surface area contributed by atoms with Crippen molar-refractivity contribution in [2.24, 2.45) is 5.73 Å². The first-order valence-electron chi connectivity index (χ1n) is 4.93. The zero-order valence-electron chi connectivity index (χ0n) is 9.28. The maximum atomic E-state index is 12.6. The van der Waals surface area contributed by atoms with Gasteiger partial charge in [-0.1, -0.05) is 18.2 Å². The zero-order valence-corrected chi connectivity index (χ0v) is 10.1. The van der Waals surface area contributed by atoms with Gasteiger partial charge >= 0.3 is 12.1 Å². The van der Waals surface area contributed by atoms with Crippen LogP contribution in [0, 0.1) is 0 Å². The molecule has 1 rings (SSSR count). The fraction of sp³-hybridized carbons (Fsp3) is 0.364. The second kappa shape index (κ2) is 6.61. The summed E-state index contributed by atoms with van der Waals surface area (Å²) in [5.41, 5.74) is 4.73. The average Bonchev–Trinajstić information content (AvgIpc) is 2.15. The summed E-state index contributed by atoms with van der Waals surface area (Å²) < 4.78 is 37.8. The molecular weight excluding hydrogens is 271 g/mol. The van der Waals surface area contributed by atoms with Crippen LogP contribution in [0.4, 0.5) is 13.2 Å². The molecule has 3 nitrogen and oxygen atoms in total. The third kappa shape index (κ3) is 4.93. The first kappa shape index (κ1) is 16.7. The lowest BCUT2D eigenvalue weighted by Crippen LogP contribution is -2.27. The van der Waals surface area contributed by atoms with E-state index in [-0.39, 0.29) is 30.8 Å². The Morgan fingerprint density at radius 3 is 2.39 bits per heavy atom. The molecule has 0 saturated carbocycles. The normalized spacial score (nSPS) is 12.7. The molecule has 0 unspecified atom stereocenters. The molecule has 0 aliphatic rings. The third-order valence-corrected chi connectivity index (χ3v) is 2.24. The van der Waals surface area contributed by atoms with E-state index in [1.807, 2.05) is 0 Å². The van der Waals surface area contributed by atoms with Crippen LogP contribution in [0.25, 0.3) is 0 Å². The summed E-state index contributed by atoms with van der Waals surface area (Å²) in [6, 6.07) is 4.21. The van der Waals surface area contributed by atoms with E-state index < -0.39 is 23.8 Å². The fourth-order valence-corrected chi connectivity index (χ4v) is 1.55. The molecule has 0 aromatic heterocycles. The molecule has 1 atom stereocenters. The molecule has 0 spiro atoms. The minimum Gasteiger partial charge on any atom is -0.481 e. The second-order valence-electron chi connectivity index (χ2n) is 3.72. The van der Waals surface area contributed by atoms with Gasteiger partial charge in [-0.25, -0.2) is 0 Å². The summed E-state index contributed by atoms with van der Waals surface area (Å²) in [5, 5.41) is 8.49. The highest BCUT2D eigenvalue weighted by Crippen LogP contribution is 2.32. The summed E-state index contributed by atoms with van der Waals surface area (Å²) in [6.07, 6.45) is -4.91. The number of alkyl halides is 3.